The predicted molar refractivity (Wildman–Crippen MR) is 463 cm³/mol. The van der Waals surface area contributed by atoms with Crippen LogP contribution in [0.15, 0.2) is 405 Å². The number of hydrogen-bond acceptors (Lipinski definition) is 0. The lowest BCUT2D eigenvalue weighted by atomic mass is 9.86. The zero-order valence-corrected chi connectivity index (χ0v) is 60.0. The summed E-state index contributed by atoms with van der Waals surface area (Å²) in [5.41, 5.74) is 21.0. The van der Waals surface area contributed by atoms with E-state index in [1.165, 1.54) is 197 Å². The van der Waals surface area contributed by atoms with Crippen LogP contribution in [-0.2, 0) is 0 Å². The summed E-state index contributed by atoms with van der Waals surface area (Å²) in [6, 6.07) is 145. The molecule has 107 heavy (non-hydrogen) atoms. The van der Waals surface area contributed by atoms with Gasteiger partial charge in [0.2, 0.25) is 0 Å². The fourth-order valence-electron chi connectivity index (χ4n) is 17.2. The molecule has 0 aliphatic carbocycles. The van der Waals surface area contributed by atoms with Crippen LogP contribution < -0.4 is 0 Å². The fraction of sp³-hybridized carbons (Fsp3) is 0. The third kappa shape index (κ3) is 11.0. The number of fused-ring (bicyclic) bond motifs is 16. The van der Waals surface area contributed by atoms with Crippen molar-refractivity contribution in [3.63, 3.8) is 0 Å². The molecular weight excluding hydrogens is 1360 g/mol. The molecule has 0 unspecified atom stereocenters. The van der Waals surface area contributed by atoms with Gasteiger partial charge in [0.15, 0.2) is 0 Å². The largest absolute Gasteiger partial charge is 0.354 e. The van der Waals surface area contributed by atoms with Crippen molar-refractivity contribution in [3.05, 3.63) is 405 Å². The van der Waals surface area contributed by atoms with E-state index in [2.05, 4.69) is 426 Å². The Balaban J connectivity index is 0.000000117. The van der Waals surface area contributed by atoms with E-state index >= 15 is 0 Å². The Morgan fingerprint density at radius 3 is 1.07 bits per heavy atom. The van der Waals surface area contributed by atoms with Crippen molar-refractivity contribution in [2.75, 3.05) is 0 Å². The number of rotatable bonds is 7. The maximum atomic E-state index is 3.68. The number of H-pyrrole nitrogens is 1. The minimum Gasteiger partial charge on any atom is -0.354 e. The van der Waals surface area contributed by atoms with Crippen molar-refractivity contribution in [1.82, 2.24) is 9.55 Å². The van der Waals surface area contributed by atoms with Gasteiger partial charge in [0.1, 0.15) is 0 Å². The number of halogens is 1. The second kappa shape index (κ2) is 26.7. The van der Waals surface area contributed by atoms with Gasteiger partial charge >= 0.3 is 0 Å². The molecule has 22 rings (SSSR count). The maximum absolute atomic E-state index is 3.68. The van der Waals surface area contributed by atoms with Crippen LogP contribution in [0.5, 0.6) is 0 Å². The van der Waals surface area contributed by atoms with E-state index in [9.17, 15) is 0 Å². The van der Waals surface area contributed by atoms with Crippen LogP contribution in [0.2, 0.25) is 0 Å². The Labute approximate surface area is 628 Å². The van der Waals surface area contributed by atoms with Crippen LogP contribution in [0.1, 0.15) is 0 Å². The van der Waals surface area contributed by atoms with Gasteiger partial charge in [-0.05, 0) is 201 Å². The van der Waals surface area contributed by atoms with E-state index < -0.39 is 0 Å². The molecular formula is C104H67BrN2. The van der Waals surface area contributed by atoms with Crippen molar-refractivity contribution in [1.29, 1.82) is 0 Å². The number of benzene rings is 20. The summed E-state index contributed by atoms with van der Waals surface area (Å²) in [5.74, 6) is 0. The summed E-state index contributed by atoms with van der Waals surface area (Å²) in [5, 5.41) is 25.5. The van der Waals surface area contributed by atoms with Gasteiger partial charge in [-0.3, -0.25) is 0 Å². The third-order valence-electron chi connectivity index (χ3n) is 21.8. The molecule has 20 aromatic carbocycles. The monoisotopic (exact) mass is 1420 g/mol. The van der Waals surface area contributed by atoms with Gasteiger partial charge in [-0.2, -0.15) is 0 Å². The lowest BCUT2D eigenvalue weighted by Crippen LogP contribution is -1.96. The van der Waals surface area contributed by atoms with Crippen LogP contribution >= 0.6 is 15.9 Å². The molecule has 1 N–H and O–H groups in total. The Bertz CT molecular complexity index is 7230. The Morgan fingerprint density at radius 2 is 0.561 bits per heavy atom. The maximum Gasteiger partial charge on any atom is 0.0547 e. The summed E-state index contributed by atoms with van der Waals surface area (Å²) < 4.78 is 3.60. The van der Waals surface area contributed by atoms with Crippen molar-refractivity contribution >= 4 is 146 Å². The van der Waals surface area contributed by atoms with E-state index in [-0.39, 0.29) is 0 Å². The number of aromatic nitrogens is 2. The highest BCUT2D eigenvalue weighted by Crippen LogP contribution is 2.48. The fourth-order valence-corrected chi connectivity index (χ4v) is 17.5. The standard InChI is InChI=1S/C52H33N.C26H17Br.C26H17N/c1-3-16-36(17-4-1)50-43-23-11-12-24-44(43)51(37-18-5-2-6-19-37)47-33-39(28-30-45(47)50)53-48-31-27-35-15-8-10-22-42(35)52(48)46-29-26-38(32-49(46)53)41-25-13-20-34-14-7-9-21-40(34)41;27-20-15-16-23-24(17-20)26(19-11-5-2-6-12-19)22-14-8-7-13-21(22)25(23)18-9-3-1-4-10-18;1-3-9-20-17(6-1)8-5-11-21(20)19-12-14-23-25(16-19)27-24-15-13-18-7-2-4-10-22(18)26(23)24/h1-33H;1-17H;1-16,27H. The van der Waals surface area contributed by atoms with E-state index in [0.717, 1.165) is 10.2 Å². The number of nitrogens with zero attached hydrogens (tertiary/aromatic N) is 1. The normalized spacial score (nSPS) is 11.6. The summed E-state index contributed by atoms with van der Waals surface area (Å²) >= 11 is 3.68. The van der Waals surface area contributed by atoms with Gasteiger partial charge in [-0.25, -0.2) is 0 Å². The first-order valence-corrected chi connectivity index (χ1v) is 37.5. The van der Waals surface area contributed by atoms with Crippen molar-refractivity contribution < 1.29 is 0 Å². The predicted octanol–water partition coefficient (Wildman–Crippen LogP) is 29.8. The molecule has 0 saturated carbocycles. The van der Waals surface area contributed by atoms with Gasteiger partial charge in [0.25, 0.3) is 0 Å². The molecule has 22 aromatic rings. The molecule has 0 atom stereocenters. The highest BCUT2D eigenvalue weighted by Gasteiger charge is 2.23. The molecule has 2 heterocycles. The lowest BCUT2D eigenvalue weighted by Gasteiger charge is -2.19. The summed E-state index contributed by atoms with van der Waals surface area (Å²) in [4.78, 5) is 3.63. The molecule has 500 valence electrons. The van der Waals surface area contributed by atoms with Crippen LogP contribution in [0.4, 0.5) is 0 Å². The first kappa shape index (κ1) is 63.3. The Hall–Kier alpha value is -13.4. The smallest absolute Gasteiger partial charge is 0.0547 e. The molecule has 0 fully saturated rings. The van der Waals surface area contributed by atoms with Crippen molar-refractivity contribution in [2.45, 2.75) is 0 Å². The summed E-state index contributed by atoms with van der Waals surface area (Å²) in [6.45, 7) is 0. The van der Waals surface area contributed by atoms with Crippen LogP contribution in [-0.4, -0.2) is 9.55 Å². The molecule has 0 radical (unpaired) electrons. The van der Waals surface area contributed by atoms with Gasteiger partial charge in [-0.1, -0.05) is 368 Å². The van der Waals surface area contributed by atoms with Crippen LogP contribution in [0, 0.1) is 0 Å². The lowest BCUT2D eigenvalue weighted by molar-refractivity contribution is 1.19. The molecule has 3 heteroatoms. The Kier molecular flexibility index (Phi) is 15.8. The van der Waals surface area contributed by atoms with Crippen molar-refractivity contribution in [2.24, 2.45) is 0 Å². The minimum absolute atomic E-state index is 1.10. The number of nitrogens with one attached hydrogen (secondary N) is 1. The zero-order valence-electron chi connectivity index (χ0n) is 58.4. The molecule has 0 spiro atoms. The van der Waals surface area contributed by atoms with E-state index in [1.54, 1.807) is 0 Å². The zero-order chi connectivity index (χ0) is 70.9. The van der Waals surface area contributed by atoms with E-state index in [1.807, 2.05) is 0 Å². The Morgan fingerprint density at radius 1 is 0.196 bits per heavy atom. The van der Waals surface area contributed by atoms with Crippen molar-refractivity contribution in [3.8, 4) is 72.4 Å². The third-order valence-corrected chi connectivity index (χ3v) is 22.3. The van der Waals surface area contributed by atoms with Gasteiger partial charge in [0, 0.05) is 42.7 Å². The number of hydrogen-bond donors (Lipinski definition) is 1. The minimum atomic E-state index is 1.10. The second-order valence-corrected chi connectivity index (χ2v) is 28.8. The molecule has 0 amide bonds. The van der Waals surface area contributed by atoms with Crippen LogP contribution in [0.25, 0.3) is 202 Å². The number of aromatic amines is 1. The van der Waals surface area contributed by atoms with E-state index in [4.69, 9.17) is 0 Å². The first-order chi connectivity index (χ1) is 53.0. The second-order valence-electron chi connectivity index (χ2n) is 27.9. The van der Waals surface area contributed by atoms with Crippen LogP contribution in [0.3, 0.4) is 0 Å². The topological polar surface area (TPSA) is 20.7 Å². The molecule has 2 aromatic heterocycles. The molecule has 0 aliphatic rings. The van der Waals surface area contributed by atoms with E-state index in [0.29, 0.717) is 0 Å². The molecule has 0 saturated heterocycles. The average Bonchev–Trinajstić information content (AvgIpc) is 1.70. The summed E-state index contributed by atoms with van der Waals surface area (Å²) in [6.07, 6.45) is 0. The van der Waals surface area contributed by atoms with Gasteiger partial charge in [0.05, 0.1) is 11.0 Å². The SMILES string of the molecule is Brc1ccc2c(-c3ccccc3)c3ccccc3c(-c3ccccc3)c2c1.c1ccc(-c2c3ccccc3c(-c3ccccc3)c3cc(-n4c5cc(-c6cccc7ccccc67)ccc5c5c6ccccc6ccc54)ccc23)cc1.c1ccc2c(-c3ccc4c(c3)[nH]c3ccc5ccccc5c34)cccc2c1. The highest BCUT2D eigenvalue weighted by atomic mass is 79.9. The summed E-state index contributed by atoms with van der Waals surface area (Å²) in [7, 11) is 0. The van der Waals surface area contributed by atoms with Gasteiger partial charge in [-0.15, -0.1) is 0 Å². The van der Waals surface area contributed by atoms with Gasteiger partial charge < -0.3 is 9.55 Å². The molecule has 0 bridgehead atoms. The molecule has 0 aliphatic heterocycles. The average molecular weight is 1420 g/mol. The highest BCUT2D eigenvalue weighted by molar-refractivity contribution is 9.10. The molecule has 2 nitrogen and oxygen atoms in total. The quantitative estimate of drug-likeness (QED) is 0.154. The first-order valence-electron chi connectivity index (χ1n) is 36.7.